The molecule has 3 heteroatoms. The van der Waals surface area contributed by atoms with E-state index in [4.69, 9.17) is 0 Å². The summed E-state index contributed by atoms with van der Waals surface area (Å²) in [7, 11) is 0. The third kappa shape index (κ3) is 2.79. The lowest BCUT2D eigenvalue weighted by atomic mass is 9.73. The molecule has 1 aromatic carbocycles. The van der Waals surface area contributed by atoms with Gasteiger partial charge in [-0.3, -0.25) is 4.79 Å². The molecule has 1 aliphatic heterocycles. The fourth-order valence-corrected chi connectivity index (χ4v) is 4.23. The zero-order valence-corrected chi connectivity index (χ0v) is 13.7. The fourth-order valence-electron chi connectivity index (χ4n) is 4.23. The molecule has 22 heavy (non-hydrogen) atoms. The Morgan fingerprint density at radius 3 is 2.68 bits per heavy atom. The third-order valence-corrected chi connectivity index (χ3v) is 5.64. The number of fused-ring (bicyclic) bond motifs is 2. The molecule has 1 spiro atoms. The highest BCUT2D eigenvalue weighted by Gasteiger charge is 2.47. The molecule has 0 bridgehead atoms. The monoisotopic (exact) mass is 303 g/mol. The molecule has 0 radical (unpaired) electrons. The number of carboxylic acid groups (broad SMARTS) is 1. The minimum absolute atomic E-state index is 0. The summed E-state index contributed by atoms with van der Waals surface area (Å²) in [6, 6.07) is 8.23. The molecular weight excluding hydrogens is 274 g/mol. The van der Waals surface area contributed by atoms with Crippen molar-refractivity contribution in [3.8, 4) is 0 Å². The Labute approximate surface area is 134 Å². The quantitative estimate of drug-likeness (QED) is 0.917. The van der Waals surface area contributed by atoms with Crippen LogP contribution >= 0.6 is 0 Å². The fraction of sp³-hybridized carbons (Fsp3) is 0.632. The highest BCUT2D eigenvalue weighted by Crippen LogP contribution is 2.51. The maximum absolute atomic E-state index is 11.6. The highest BCUT2D eigenvalue weighted by molar-refractivity contribution is 5.78. The number of rotatable bonds is 4. The van der Waals surface area contributed by atoms with E-state index in [0.717, 1.165) is 43.8 Å². The summed E-state index contributed by atoms with van der Waals surface area (Å²) < 4.78 is 0. The van der Waals surface area contributed by atoms with Crippen molar-refractivity contribution in [3.63, 3.8) is 0 Å². The summed E-state index contributed by atoms with van der Waals surface area (Å²) in [4.78, 5) is 14.2. The van der Waals surface area contributed by atoms with Gasteiger partial charge >= 0.3 is 5.97 Å². The molecular formula is C19H29NO2. The van der Waals surface area contributed by atoms with E-state index in [-0.39, 0.29) is 12.8 Å². The van der Waals surface area contributed by atoms with Gasteiger partial charge in [0.05, 0.1) is 5.92 Å². The Balaban J connectivity index is 0.00000192. The Morgan fingerprint density at radius 1 is 1.36 bits per heavy atom. The number of aliphatic carboxylic acids is 1. The molecule has 3 rings (SSSR count). The van der Waals surface area contributed by atoms with Crippen LogP contribution < -0.4 is 0 Å². The molecule has 1 aliphatic carbocycles. The van der Waals surface area contributed by atoms with Gasteiger partial charge in [0.15, 0.2) is 0 Å². The zero-order chi connectivity index (χ0) is 15.7. The van der Waals surface area contributed by atoms with Crippen molar-refractivity contribution in [2.24, 2.45) is 5.92 Å². The maximum atomic E-state index is 11.6. The molecule has 3 nitrogen and oxygen atoms in total. The second-order valence-electron chi connectivity index (χ2n) is 7.49. The van der Waals surface area contributed by atoms with Crippen molar-refractivity contribution in [2.45, 2.75) is 50.9 Å². The van der Waals surface area contributed by atoms with Crippen LogP contribution in [0.2, 0.25) is 0 Å². The lowest BCUT2D eigenvalue weighted by molar-refractivity contribution is -0.139. The van der Waals surface area contributed by atoms with Crippen LogP contribution in [0.5, 0.6) is 0 Å². The number of benzene rings is 1. The minimum Gasteiger partial charge on any atom is -0.481 e. The van der Waals surface area contributed by atoms with E-state index < -0.39 is 5.97 Å². The van der Waals surface area contributed by atoms with Gasteiger partial charge < -0.3 is 10.0 Å². The van der Waals surface area contributed by atoms with Gasteiger partial charge in [-0.25, -0.2) is 0 Å². The molecule has 1 aromatic rings. The first-order valence-electron chi connectivity index (χ1n) is 8.56. The van der Waals surface area contributed by atoms with Gasteiger partial charge in [0.1, 0.15) is 0 Å². The lowest BCUT2D eigenvalue weighted by Gasteiger charge is -2.40. The van der Waals surface area contributed by atoms with E-state index >= 15 is 0 Å². The molecule has 0 saturated carbocycles. The maximum Gasteiger partial charge on any atom is 0.311 e. The normalized spacial score (nSPS) is 23.9. The van der Waals surface area contributed by atoms with Gasteiger partial charge in [-0.05, 0) is 67.8 Å². The smallest absolute Gasteiger partial charge is 0.311 e. The van der Waals surface area contributed by atoms with E-state index in [1.54, 1.807) is 0 Å². The SMILES string of the molecule is CC(C)CCN1CCC2(CC1)CC(C(=O)O)c1ccccc12.[HH]. The first kappa shape index (κ1) is 15.5. The van der Waals surface area contributed by atoms with Gasteiger partial charge in [0.2, 0.25) is 0 Å². The molecule has 2 aliphatic rings. The van der Waals surface area contributed by atoms with Crippen LogP contribution in [0, 0.1) is 5.92 Å². The van der Waals surface area contributed by atoms with Gasteiger partial charge in [-0.2, -0.15) is 0 Å². The predicted molar refractivity (Wildman–Crippen MR) is 90.4 cm³/mol. The molecule has 1 unspecified atom stereocenters. The van der Waals surface area contributed by atoms with Gasteiger partial charge in [0, 0.05) is 1.43 Å². The average molecular weight is 303 g/mol. The molecule has 1 saturated heterocycles. The van der Waals surface area contributed by atoms with Gasteiger partial charge in [-0.1, -0.05) is 38.1 Å². The number of hydrogen-bond donors (Lipinski definition) is 1. The summed E-state index contributed by atoms with van der Waals surface area (Å²) in [5, 5.41) is 9.56. The number of carbonyl (C=O) groups is 1. The van der Waals surface area contributed by atoms with Crippen LogP contribution in [0.15, 0.2) is 24.3 Å². The van der Waals surface area contributed by atoms with Crippen molar-refractivity contribution < 1.29 is 11.3 Å². The third-order valence-electron chi connectivity index (χ3n) is 5.64. The summed E-state index contributed by atoms with van der Waals surface area (Å²) >= 11 is 0. The Bertz CT molecular complexity index is 550. The van der Waals surface area contributed by atoms with Crippen LogP contribution in [0.1, 0.15) is 58.0 Å². The van der Waals surface area contributed by atoms with Crippen LogP contribution in [-0.4, -0.2) is 35.6 Å². The average Bonchev–Trinajstić information content (AvgIpc) is 2.82. The molecule has 1 heterocycles. The number of carboxylic acids is 1. The number of likely N-dealkylation sites (tertiary alicyclic amines) is 1. The molecule has 0 amide bonds. The first-order valence-corrected chi connectivity index (χ1v) is 8.56. The second kappa shape index (κ2) is 6.04. The highest BCUT2D eigenvalue weighted by atomic mass is 16.4. The van der Waals surface area contributed by atoms with Gasteiger partial charge in [0.25, 0.3) is 0 Å². The minimum atomic E-state index is -0.661. The van der Waals surface area contributed by atoms with E-state index in [2.05, 4.69) is 30.9 Å². The van der Waals surface area contributed by atoms with Crippen molar-refractivity contribution in [1.82, 2.24) is 4.90 Å². The summed E-state index contributed by atoms with van der Waals surface area (Å²) in [6.45, 7) is 7.94. The van der Waals surface area contributed by atoms with E-state index in [1.165, 1.54) is 18.5 Å². The van der Waals surface area contributed by atoms with Crippen LogP contribution in [0.25, 0.3) is 0 Å². The van der Waals surface area contributed by atoms with Crippen molar-refractivity contribution in [3.05, 3.63) is 35.4 Å². The lowest BCUT2D eigenvalue weighted by Crippen LogP contribution is -2.42. The largest absolute Gasteiger partial charge is 0.481 e. The zero-order valence-electron chi connectivity index (χ0n) is 13.7. The number of hydrogen-bond acceptors (Lipinski definition) is 2. The molecule has 1 N–H and O–H groups in total. The molecule has 0 aromatic heterocycles. The van der Waals surface area contributed by atoms with E-state index in [1.807, 2.05) is 12.1 Å². The first-order chi connectivity index (χ1) is 10.5. The van der Waals surface area contributed by atoms with Crippen molar-refractivity contribution in [2.75, 3.05) is 19.6 Å². The number of nitrogens with zero attached hydrogens (tertiary/aromatic N) is 1. The molecule has 1 fully saturated rings. The summed E-state index contributed by atoms with van der Waals surface area (Å²) in [5.74, 6) is -0.218. The second-order valence-corrected chi connectivity index (χ2v) is 7.49. The van der Waals surface area contributed by atoms with Crippen LogP contribution in [0.4, 0.5) is 0 Å². The summed E-state index contributed by atoms with van der Waals surface area (Å²) in [5.41, 5.74) is 2.48. The Hall–Kier alpha value is -1.35. The summed E-state index contributed by atoms with van der Waals surface area (Å²) in [6.07, 6.45) is 4.25. The predicted octanol–water partition coefficient (Wildman–Crippen LogP) is 3.88. The Morgan fingerprint density at radius 2 is 2.05 bits per heavy atom. The van der Waals surface area contributed by atoms with E-state index in [9.17, 15) is 9.90 Å². The van der Waals surface area contributed by atoms with E-state index in [0.29, 0.717) is 0 Å². The molecule has 122 valence electrons. The van der Waals surface area contributed by atoms with Crippen LogP contribution in [-0.2, 0) is 10.2 Å². The van der Waals surface area contributed by atoms with Crippen molar-refractivity contribution >= 4 is 5.97 Å². The number of piperidine rings is 1. The standard InChI is InChI=1S/C19H27NO2.H2/c1-14(2)7-10-20-11-8-19(9-12-20)13-16(18(21)22)15-5-3-4-6-17(15)19;/h3-6,14,16H,7-13H2,1-2H3,(H,21,22);1H. The Kier molecular flexibility index (Phi) is 4.26. The van der Waals surface area contributed by atoms with Crippen LogP contribution in [0.3, 0.4) is 0 Å². The van der Waals surface area contributed by atoms with Crippen molar-refractivity contribution in [1.29, 1.82) is 0 Å². The molecule has 1 atom stereocenters. The van der Waals surface area contributed by atoms with Gasteiger partial charge in [-0.15, -0.1) is 0 Å². The topological polar surface area (TPSA) is 40.5 Å².